The zero-order valence-corrected chi connectivity index (χ0v) is 62.0. The van der Waals surface area contributed by atoms with Crippen molar-refractivity contribution in [1.82, 2.24) is 0 Å². The molecule has 12 unspecified atom stereocenters. The number of unbranched alkanes of at least 4 members (excludes halogenated alkanes) is 13. The van der Waals surface area contributed by atoms with Crippen molar-refractivity contribution >= 4 is 35.8 Å². The zero-order chi connectivity index (χ0) is 70.4. The monoisotopic (exact) mass is 1390 g/mol. The number of esters is 6. The third kappa shape index (κ3) is 29.6. The number of hydrogen-bond acceptors (Lipinski definition) is 18. The minimum atomic E-state index is -0.796. The standard InChI is InChI=1S/C81H134O18/c1-7-11-12-13-14-15-21-51-93-73-45-37-64(60-30-28-59(29-31-60)63-36-44-72(89-10-4)74(55-63)98-80(86)68-54-58(5)27-43-70(68)92-50-22-17-19-24-53-95-77(83)9-3)56-75(73)99-81(87)69-57-67(42-46-71(69)97-79(85)62-34-40-66(41-35-62)91-49-26-25-47-88-6)96-78(84)61-32-38-65(39-33-61)90-48-20-16-18-23-52-94-76(82)8-2/h8-9,58-75H,2-3,7,10-57H2,1,4-6H3. The van der Waals surface area contributed by atoms with Gasteiger partial charge < -0.3 is 56.8 Å². The summed E-state index contributed by atoms with van der Waals surface area (Å²) in [5, 5.41) is 0. The molecule has 7 aliphatic rings. The summed E-state index contributed by atoms with van der Waals surface area (Å²) in [6, 6.07) is 0. The van der Waals surface area contributed by atoms with Gasteiger partial charge in [-0.15, -0.1) is 0 Å². The highest BCUT2D eigenvalue weighted by molar-refractivity contribution is 5.81. The largest absolute Gasteiger partial charge is 0.463 e. The molecule has 0 aromatic rings. The molecule has 7 fully saturated rings. The summed E-state index contributed by atoms with van der Waals surface area (Å²) in [5.74, 6) is -1.21. The van der Waals surface area contributed by atoms with Gasteiger partial charge in [0.2, 0.25) is 0 Å². The van der Waals surface area contributed by atoms with Crippen molar-refractivity contribution < 1.29 is 85.6 Å². The van der Waals surface area contributed by atoms with E-state index in [4.69, 9.17) is 56.8 Å². The maximum absolute atomic E-state index is 15.2. The number of rotatable bonds is 45. The molecule has 0 bridgehead atoms. The molecule has 7 aliphatic carbocycles. The first kappa shape index (κ1) is 82.3. The Labute approximate surface area is 596 Å². The highest BCUT2D eigenvalue weighted by atomic mass is 16.6. The molecule has 18 heteroatoms. The second-order valence-electron chi connectivity index (χ2n) is 30.6. The van der Waals surface area contributed by atoms with E-state index in [1.807, 2.05) is 6.92 Å². The first-order valence-electron chi connectivity index (χ1n) is 40.3. The van der Waals surface area contributed by atoms with Crippen LogP contribution in [0.5, 0.6) is 0 Å². The van der Waals surface area contributed by atoms with E-state index in [0.717, 1.165) is 180 Å². The SMILES string of the molecule is C=CC(=O)OCCCCCCOC1CCC(C(=O)OC2CCC(OC(=O)C3CCC(OCCCCOC)CC3)C(C(=O)OC3CC(C4CCC(C5CCC(OCC)C(OC(=O)C6CC(C)CCC6OCCCCCCOC(=O)C=C)C5)CC4)CCC3OCCCCCCCCC)C2)CC1. The Morgan fingerprint density at radius 3 is 1.21 bits per heavy atom. The molecule has 0 radical (unpaired) electrons. The van der Waals surface area contributed by atoms with E-state index in [1.165, 1.54) is 44.3 Å². The lowest BCUT2D eigenvalue weighted by molar-refractivity contribution is -0.186. The number of ether oxygens (including phenoxy) is 12. The van der Waals surface area contributed by atoms with E-state index in [2.05, 4.69) is 27.0 Å². The van der Waals surface area contributed by atoms with Crippen LogP contribution in [-0.2, 0) is 85.6 Å². The lowest BCUT2D eigenvalue weighted by Crippen LogP contribution is -2.47. The highest BCUT2D eigenvalue weighted by Gasteiger charge is 2.47. The van der Waals surface area contributed by atoms with Crippen LogP contribution < -0.4 is 0 Å². The van der Waals surface area contributed by atoms with Crippen LogP contribution in [0.4, 0.5) is 0 Å². The Morgan fingerprint density at radius 1 is 0.333 bits per heavy atom. The molecule has 99 heavy (non-hydrogen) atoms. The molecule has 0 aromatic carbocycles. The molecule has 0 spiro atoms. The smallest absolute Gasteiger partial charge is 0.330 e. The fraction of sp³-hybridized carbons (Fsp3) is 0.877. The summed E-state index contributed by atoms with van der Waals surface area (Å²) >= 11 is 0. The van der Waals surface area contributed by atoms with Crippen molar-refractivity contribution in [3.05, 3.63) is 25.3 Å². The lowest BCUT2D eigenvalue weighted by atomic mass is 9.65. The third-order valence-corrected chi connectivity index (χ3v) is 23.3. The molecular weight excluding hydrogens is 1260 g/mol. The van der Waals surface area contributed by atoms with Crippen molar-refractivity contribution in [2.45, 2.75) is 339 Å². The van der Waals surface area contributed by atoms with E-state index >= 15 is 4.79 Å². The number of carbonyl (C=O) groups is 6. The van der Waals surface area contributed by atoms with E-state index < -0.39 is 36.2 Å². The second kappa shape index (κ2) is 47.4. The van der Waals surface area contributed by atoms with E-state index in [-0.39, 0.29) is 84.7 Å². The van der Waals surface area contributed by atoms with Gasteiger partial charge in [0.1, 0.15) is 24.4 Å². The van der Waals surface area contributed by atoms with E-state index in [1.54, 1.807) is 7.11 Å². The fourth-order valence-electron chi connectivity index (χ4n) is 17.3. The predicted molar refractivity (Wildman–Crippen MR) is 380 cm³/mol. The molecular formula is C81H134O18. The zero-order valence-electron chi connectivity index (χ0n) is 62.0. The molecule has 0 aliphatic heterocycles. The molecule has 0 N–H and O–H groups in total. The lowest BCUT2D eigenvalue weighted by Gasteiger charge is -2.44. The van der Waals surface area contributed by atoms with Gasteiger partial charge in [-0.25, -0.2) is 9.59 Å². The van der Waals surface area contributed by atoms with Gasteiger partial charge in [0, 0.05) is 65.3 Å². The molecule has 0 saturated heterocycles. The van der Waals surface area contributed by atoms with Gasteiger partial charge in [0.05, 0.1) is 67.4 Å². The van der Waals surface area contributed by atoms with Crippen molar-refractivity contribution in [2.24, 2.45) is 53.3 Å². The maximum atomic E-state index is 15.2. The summed E-state index contributed by atoms with van der Waals surface area (Å²) in [5.41, 5.74) is 0. The maximum Gasteiger partial charge on any atom is 0.330 e. The molecule has 7 saturated carbocycles. The van der Waals surface area contributed by atoms with Crippen LogP contribution in [0, 0.1) is 53.3 Å². The van der Waals surface area contributed by atoms with Crippen molar-refractivity contribution in [1.29, 1.82) is 0 Å². The summed E-state index contributed by atoms with van der Waals surface area (Å²) in [6.07, 6.45) is 36.7. The number of methoxy groups -OCH3 is 1. The van der Waals surface area contributed by atoms with Crippen LogP contribution in [0.3, 0.4) is 0 Å². The van der Waals surface area contributed by atoms with Gasteiger partial charge in [0.25, 0.3) is 0 Å². The molecule has 12 atom stereocenters. The first-order chi connectivity index (χ1) is 48.3. The molecule has 0 heterocycles. The topological polar surface area (TPSA) is 213 Å². The Kier molecular flexibility index (Phi) is 39.4. The summed E-state index contributed by atoms with van der Waals surface area (Å²) in [4.78, 5) is 80.6. The van der Waals surface area contributed by atoms with Crippen molar-refractivity contribution in [3.63, 3.8) is 0 Å². The molecule has 566 valence electrons. The fourth-order valence-corrected chi connectivity index (χ4v) is 17.3. The van der Waals surface area contributed by atoms with Gasteiger partial charge in [-0.05, 0) is 242 Å². The van der Waals surface area contributed by atoms with Crippen LogP contribution >= 0.6 is 0 Å². The number of hydrogen-bond donors (Lipinski definition) is 0. The Hall–Kier alpha value is -3.94. The average molecular weight is 1400 g/mol. The summed E-state index contributed by atoms with van der Waals surface area (Å²) < 4.78 is 73.7. The third-order valence-electron chi connectivity index (χ3n) is 23.3. The van der Waals surface area contributed by atoms with Gasteiger partial charge >= 0.3 is 35.8 Å². The van der Waals surface area contributed by atoms with Gasteiger partial charge in [-0.3, -0.25) is 19.2 Å². The van der Waals surface area contributed by atoms with E-state index in [9.17, 15) is 24.0 Å². The van der Waals surface area contributed by atoms with Gasteiger partial charge in [-0.1, -0.05) is 78.4 Å². The van der Waals surface area contributed by atoms with Crippen LogP contribution in [0.25, 0.3) is 0 Å². The normalized spacial score (nSPS) is 31.2. The average Bonchev–Trinajstić information content (AvgIpc) is 0.824. The molecule has 18 nitrogen and oxygen atoms in total. The van der Waals surface area contributed by atoms with Crippen molar-refractivity contribution in [3.8, 4) is 0 Å². The minimum Gasteiger partial charge on any atom is -0.463 e. The quantitative estimate of drug-likeness (QED) is 0.0240. The molecule has 0 aromatic heterocycles. The van der Waals surface area contributed by atoms with Gasteiger partial charge in [-0.2, -0.15) is 0 Å². The number of carbonyl (C=O) groups excluding carboxylic acids is 6. The summed E-state index contributed by atoms with van der Waals surface area (Å²) in [6.45, 7) is 18.0. The predicted octanol–water partition coefficient (Wildman–Crippen LogP) is 16.4. The molecule has 7 rings (SSSR count). The molecule has 0 amide bonds. The van der Waals surface area contributed by atoms with Crippen LogP contribution in [0.15, 0.2) is 25.3 Å². The van der Waals surface area contributed by atoms with Crippen LogP contribution in [0.2, 0.25) is 0 Å². The Balaban J connectivity index is 0.953. The summed E-state index contributed by atoms with van der Waals surface area (Å²) in [7, 11) is 1.71. The van der Waals surface area contributed by atoms with Crippen LogP contribution in [0.1, 0.15) is 284 Å². The van der Waals surface area contributed by atoms with Crippen molar-refractivity contribution in [2.75, 3.05) is 60.0 Å². The minimum absolute atomic E-state index is 0.0951. The van der Waals surface area contributed by atoms with Crippen LogP contribution in [-0.4, -0.2) is 151 Å². The Bertz CT molecular complexity index is 2310. The Morgan fingerprint density at radius 2 is 0.717 bits per heavy atom. The second-order valence-corrected chi connectivity index (χ2v) is 30.6. The van der Waals surface area contributed by atoms with Gasteiger partial charge in [0.15, 0.2) is 0 Å². The first-order valence-corrected chi connectivity index (χ1v) is 40.3. The highest BCUT2D eigenvalue weighted by Crippen LogP contribution is 2.47. The van der Waals surface area contributed by atoms with E-state index in [0.29, 0.717) is 127 Å².